The lowest BCUT2D eigenvalue weighted by atomic mass is 9.64. The number of nitrogens with zero attached hydrogens (tertiary/aromatic N) is 1. The van der Waals surface area contributed by atoms with Crippen molar-refractivity contribution in [1.82, 2.24) is 4.90 Å². The minimum Gasteiger partial charge on any atom is -0.508 e. The van der Waals surface area contributed by atoms with Gasteiger partial charge in [0.25, 0.3) is 0 Å². The molecule has 2 fully saturated rings. The molecule has 2 aliphatic heterocycles. The first-order valence-corrected chi connectivity index (χ1v) is 13.5. The molecule has 1 N–H and O–H groups in total. The van der Waals surface area contributed by atoms with Crippen LogP contribution < -0.4 is 4.74 Å². The van der Waals surface area contributed by atoms with Crippen LogP contribution in [0.3, 0.4) is 0 Å². The maximum atomic E-state index is 11.3. The monoisotopic (exact) mass is 477 g/mol. The van der Waals surface area contributed by atoms with Crippen LogP contribution in [0.1, 0.15) is 122 Å². The number of ether oxygens (including phenoxy) is 1. The largest absolute Gasteiger partial charge is 0.508 e. The smallest absolute Gasteiger partial charge is 0.127 e. The molecule has 3 aliphatic rings. The predicted octanol–water partition coefficient (Wildman–Crippen LogP) is 7.97. The van der Waals surface area contributed by atoms with Crippen LogP contribution in [0.2, 0.25) is 0 Å². The molecule has 0 aromatic heterocycles. The number of halogens is 1. The molecule has 188 valence electrons. The van der Waals surface area contributed by atoms with Gasteiger partial charge in [-0.05, 0) is 94.5 Å². The first-order valence-electron chi connectivity index (χ1n) is 13.5. The molecule has 0 bridgehead atoms. The molecule has 1 aromatic rings. The molecule has 33 heavy (non-hydrogen) atoms. The number of phenolic OH excluding ortho intramolecular Hbond substituents is 1. The molecule has 3 nitrogen and oxygen atoms in total. The molecular formula is C29H48ClNO2. The molecule has 4 heteroatoms. The third-order valence-corrected chi connectivity index (χ3v) is 8.92. The van der Waals surface area contributed by atoms with Crippen LogP contribution >= 0.6 is 12.4 Å². The maximum Gasteiger partial charge on any atom is 0.127 e. The molecule has 0 spiro atoms. The topological polar surface area (TPSA) is 32.7 Å². The van der Waals surface area contributed by atoms with E-state index in [9.17, 15) is 5.11 Å². The Kier molecular flexibility index (Phi) is 8.71. The van der Waals surface area contributed by atoms with E-state index in [1.54, 1.807) is 0 Å². The van der Waals surface area contributed by atoms with Gasteiger partial charge < -0.3 is 14.7 Å². The number of rotatable bonds is 7. The SMILES string of the molecule is CCCCCCC(C)(C)c1cc(O)c2c(c1)OC(C)(C)C1CCC(N3CCCCC3)CC21.Cl. The van der Waals surface area contributed by atoms with Gasteiger partial charge >= 0.3 is 0 Å². The van der Waals surface area contributed by atoms with Crippen molar-refractivity contribution in [3.05, 3.63) is 23.3 Å². The highest BCUT2D eigenvalue weighted by Crippen LogP contribution is 2.55. The van der Waals surface area contributed by atoms with Crippen molar-refractivity contribution in [2.45, 2.75) is 128 Å². The number of phenols is 1. The van der Waals surface area contributed by atoms with Gasteiger partial charge in [0.15, 0.2) is 0 Å². The number of aromatic hydroxyl groups is 1. The summed E-state index contributed by atoms with van der Waals surface area (Å²) in [7, 11) is 0. The Balaban J connectivity index is 0.00000306. The fourth-order valence-electron chi connectivity index (χ4n) is 6.87. The third kappa shape index (κ3) is 5.67. The van der Waals surface area contributed by atoms with Gasteiger partial charge in [0.2, 0.25) is 0 Å². The van der Waals surface area contributed by atoms with Gasteiger partial charge in [-0.1, -0.05) is 52.9 Å². The molecule has 0 radical (unpaired) electrons. The highest BCUT2D eigenvalue weighted by Gasteiger charge is 2.48. The first kappa shape index (κ1) is 26.7. The van der Waals surface area contributed by atoms with E-state index < -0.39 is 0 Å². The van der Waals surface area contributed by atoms with Crippen LogP contribution in [-0.4, -0.2) is 34.7 Å². The van der Waals surface area contributed by atoms with Crippen LogP contribution in [0.15, 0.2) is 12.1 Å². The molecular weight excluding hydrogens is 430 g/mol. The predicted molar refractivity (Wildman–Crippen MR) is 141 cm³/mol. The lowest BCUT2D eigenvalue weighted by molar-refractivity contribution is -0.0255. The number of benzene rings is 1. The quantitative estimate of drug-likeness (QED) is 0.404. The fraction of sp³-hybridized carbons (Fsp3) is 0.793. The second-order valence-corrected chi connectivity index (χ2v) is 12.1. The normalized spacial score (nSPS) is 27.1. The Hall–Kier alpha value is -0.930. The third-order valence-electron chi connectivity index (χ3n) is 8.92. The van der Waals surface area contributed by atoms with Crippen LogP contribution in [0, 0.1) is 5.92 Å². The van der Waals surface area contributed by atoms with Crippen molar-refractivity contribution in [2.75, 3.05) is 13.1 Å². The summed E-state index contributed by atoms with van der Waals surface area (Å²) in [6, 6.07) is 5.01. The van der Waals surface area contributed by atoms with E-state index in [0.29, 0.717) is 23.6 Å². The second kappa shape index (κ2) is 10.8. The fourth-order valence-corrected chi connectivity index (χ4v) is 6.87. The Bertz CT molecular complexity index is 784. The van der Waals surface area contributed by atoms with Gasteiger partial charge in [-0.15, -0.1) is 12.4 Å². The van der Waals surface area contributed by atoms with Crippen LogP contribution in [0.4, 0.5) is 0 Å². The second-order valence-electron chi connectivity index (χ2n) is 12.1. The summed E-state index contributed by atoms with van der Waals surface area (Å²) in [5.74, 6) is 2.31. The minimum absolute atomic E-state index is 0. The highest BCUT2D eigenvalue weighted by molar-refractivity contribution is 5.85. The summed E-state index contributed by atoms with van der Waals surface area (Å²) in [4.78, 5) is 2.74. The number of fused-ring (bicyclic) bond motifs is 3. The summed E-state index contributed by atoms with van der Waals surface area (Å²) >= 11 is 0. The van der Waals surface area contributed by atoms with E-state index in [0.717, 1.165) is 24.2 Å². The van der Waals surface area contributed by atoms with Crippen LogP contribution in [0.25, 0.3) is 0 Å². The van der Waals surface area contributed by atoms with E-state index in [1.165, 1.54) is 76.4 Å². The molecule has 0 amide bonds. The Labute approximate surface area is 209 Å². The number of hydrogen-bond donors (Lipinski definition) is 1. The summed E-state index contributed by atoms with van der Waals surface area (Å²) in [6.07, 6.45) is 14.0. The van der Waals surface area contributed by atoms with Crippen molar-refractivity contribution in [3.63, 3.8) is 0 Å². The van der Waals surface area contributed by atoms with E-state index in [1.807, 2.05) is 0 Å². The zero-order chi connectivity index (χ0) is 22.9. The summed E-state index contributed by atoms with van der Waals surface area (Å²) in [6.45, 7) is 14.0. The van der Waals surface area contributed by atoms with Gasteiger partial charge in [-0.25, -0.2) is 0 Å². The number of unbranched alkanes of at least 4 members (excludes halogenated alkanes) is 3. The van der Waals surface area contributed by atoms with Crippen LogP contribution in [0.5, 0.6) is 11.5 Å². The highest BCUT2D eigenvalue weighted by atomic mass is 35.5. The average Bonchev–Trinajstić information content (AvgIpc) is 2.76. The molecule has 1 aliphatic carbocycles. The van der Waals surface area contributed by atoms with E-state index >= 15 is 0 Å². The Morgan fingerprint density at radius 3 is 2.48 bits per heavy atom. The zero-order valence-corrected chi connectivity index (χ0v) is 22.6. The van der Waals surface area contributed by atoms with Crippen molar-refractivity contribution < 1.29 is 9.84 Å². The van der Waals surface area contributed by atoms with E-state index in [4.69, 9.17) is 4.74 Å². The number of piperidine rings is 1. The van der Waals surface area contributed by atoms with Gasteiger partial charge in [-0.3, -0.25) is 0 Å². The molecule has 1 saturated carbocycles. The molecule has 1 aromatic carbocycles. The van der Waals surface area contributed by atoms with E-state index in [2.05, 4.69) is 51.7 Å². The number of hydrogen-bond acceptors (Lipinski definition) is 3. The van der Waals surface area contributed by atoms with Crippen LogP contribution in [-0.2, 0) is 5.41 Å². The average molecular weight is 478 g/mol. The first-order chi connectivity index (χ1) is 15.2. The summed E-state index contributed by atoms with van der Waals surface area (Å²) in [5, 5.41) is 11.3. The number of likely N-dealkylation sites (tertiary alicyclic amines) is 1. The standard InChI is InChI=1S/C29H47NO2.ClH/c1-6-7-8-10-15-28(2,3)21-18-25(31)27-23-20-22(30-16-11-9-12-17-30)13-14-24(23)29(4,5)32-26(27)19-21;/h18-19,22-24,31H,6-17,20H2,1-5H3;1H. The van der Waals surface area contributed by atoms with Crippen molar-refractivity contribution >= 4 is 12.4 Å². The molecule has 1 saturated heterocycles. The molecule has 3 atom stereocenters. The van der Waals surface area contributed by atoms with Gasteiger partial charge in [0.05, 0.1) is 0 Å². The lowest BCUT2D eigenvalue weighted by Crippen LogP contribution is -2.51. The molecule has 3 unspecified atom stereocenters. The van der Waals surface area contributed by atoms with Crippen molar-refractivity contribution in [3.8, 4) is 11.5 Å². The summed E-state index contributed by atoms with van der Waals surface area (Å²) < 4.78 is 6.66. The minimum atomic E-state index is -0.180. The summed E-state index contributed by atoms with van der Waals surface area (Å²) in [5.41, 5.74) is 2.19. The van der Waals surface area contributed by atoms with Crippen molar-refractivity contribution in [2.24, 2.45) is 5.92 Å². The van der Waals surface area contributed by atoms with Gasteiger partial charge in [-0.2, -0.15) is 0 Å². The Morgan fingerprint density at radius 1 is 1.06 bits per heavy atom. The van der Waals surface area contributed by atoms with Crippen molar-refractivity contribution in [1.29, 1.82) is 0 Å². The molecule has 4 rings (SSSR count). The maximum absolute atomic E-state index is 11.3. The van der Waals surface area contributed by atoms with Gasteiger partial charge in [0, 0.05) is 17.5 Å². The van der Waals surface area contributed by atoms with E-state index in [-0.39, 0.29) is 23.4 Å². The van der Waals surface area contributed by atoms with Gasteiger partial charge in [0.1, 0.15) is 17.1 Å². The zero-order valence-electron chi connectivity index (χ0n) is 21.8. The Morgan fingerprint density at radius 2 is 1.79 bits per heavy atom. The lowest BCUT2D eigenvalue weighted by Gasteiger charge is -2.51. The molecule has 2 heterocycles.